The Morgan fingerprint density at radius 1 is 1.07 bits per heavy atom. The molecule has 3 aromatic rings. The molecule has 1 unspecified atom stereocenters. The predicted molar refractivity (Wildman–Crippen MR) is 176 cm³/mol. The van der Waals surface area contributed by atoms with Crippen LogP contribution in [0.1, 0.15) is 53.9 Å². The van der Waals surface area contributed by atoms with Crippen molar-refractivity contribution in [1.82, 2.24) is 19.4 Å². The maximum Gasteiger partial charge on any atom is 0.158 e. The minimum Gasteiger partial charge on any atom is -0.383 e. The number of fused-ring (bicyclic) bond motifs is 1. The number of anilines is 2. The SMILES string of the molecule is C=CNC1C=Nc2cc(CCCCC(=C)Nc3cn(C)c(C(=C)Nc4cc(C=C)n(C)c4)n3)c(C)cc2CC(=C)C1. The molecular weight excluding hydrogens is 506 g/mol. The summed E-state index contributed by atoms with van der Waals surface area (Å²) >= 11 is 0. The third kappa shape index (κ3) is 7.57. The van der Waals surface area contributed by atoms with Crippen molar-refractivity contribution < 1.29 is 0 Å². The van der Waals surface area contributed by atoms with Gasteiger partial charge in [-0.05, 0) is 86.5 Å². The smallest absolute Gasteiger partial charge is 0.158 e. The number of allylic oxidation sites excluding steroid dienone is 1. The summed E-state index contributed by atoms with van der Waals surface area (Å²) in [6.45, 7) is 22.5. The molecule has 3 N–H and O–H groups in total. The van der Waals surface area contributed by atoms with Crippen LogP contribution in [0.25, 0.3) is 11.8 Å². The molecule has 0 amide bonds. The zero-order valence-corrected chi connectivity index (χ0v) is 24.8. The summed E-state index contributed by atoms with van der Waals surface area (Å²) in [6, 6.07) is 6.70. The lowest BCUT2D eigenvalue weighted by Crippen LogP contribution is -2.27. The summed E-state index contributed by atoms with van der Waals surface area (Å²) in [5.41, 5.74) is 9.81. The maximum absolute atomic E-state index is 4.81. The topological polar surface area (TPSA) is 71.2 Å². The van der Waals surface area contributed by atoms with Crippen LogP contribution in [0.3, 0.4) is 0 Å². The molecule has 0 bridgehead atoms. The van der Waals surface area contributed by atoms with E-state index in [1.54, 1.807) is 6.20 Å². The number of aliphatic imine (C=N–C) groups is 1. The molecule has 0 aliphatic carbocycles. The highest BCUT2D eigenvalue weighted by Gasteiger charge is 2.15. The van der Waals surface area contributed by atoms with E-state index in [1.807, 2.05) is 54.0 Å². The summed E-state index contributed by atoms with van der Waals surface area (Å²) in [5, 5.41) is 9.97. The lowest BCUT2D eigenvalue weighted by atomic mass is 9.93. The first-order valence-electron chi connectivity index (χ1n) is 14.1. The van der Waals surface area contributed by atoms with Gasteiger partial charge in [0.1, 0.15) is 5.82 Å². The Morgan fingerprint density at radius 3 is 2.61 bits per heavy atom. The zero-order chi connectivity index (χ0) is 29.5. The third-order valence-corrected chi connectivity index (χ3v) is 7.39. The number of aryl methyl sites for hydroxylation is 4. The molecule has 0 saturated carbocycles. The Morgan fingerprint density at radius 2 is 1.88 bits per heavy atom. The normalized spacial score (nSPS) is 14.5. The van der Waals surface area contributed by atoms with Gasteiger partial charge in [0.2, 0.25) is 0 Å². The highest BCUT2D eigenvalue weighted by molar-refractivity contribution is 5.74. The molecule has 0 fully saturated rings. The number of unbranched alkanes of at least 4 members (excludes halogenated alkanes) is 1. The number of rotatable bonds is 13. The molecule has 1 aliphatic rings. The third-order valence-electron chi connectivity index (χ3n) is 7.39. The Balaban J connectivity index is 1.29. The lowest BCUT2D eigenvalue weighted by molar-refractivity contribution is 0.721. The van der Waals surface area contributed by atoms with E-state index in [-0.39, 0.29) is 6.04 Å². The number of hydrogen-bond donors (Lipinski definition) is 3. The first kappa shape index (κ1) is 29.5. The van der Waals surface area contributed by atoms with Crippen LogP contribution in [0.5, 0.6) is 0 Å². The fourth-order valence-corrected chi connectivity index (χ4v) is 5.25. The van der Waals surface area contributed by atoms with Crippen LogP contribution in [0.2, 0.25) is 0 Å². The van der Waals surface area contributed by atoms with E-state index in [0.717, 1.165) is 78.6 Å². The van der Waals surface area contributed by atoms with E-state index in [4.69, 9.17) is 9.98 Å². The second-order valence-electron chi connectivity index (χ2n) is 10.9. The van der Waals surface area contributed by atoms with Gasteiger partial charge >= 0.3 is 0 Å². The van der Waals surface area contributed by atoms with Gasteiger partial charge in [-0.25, -0.2) is 4.98 Å². The largest absolute Gasteiger partial charge is 0.383 e. The fourth-order valence-electron chi connectivity index (χ4n) is 5.25. The Labute approximate surface area is 244 Å². The van der Waals surface area contributed by atoms with E-state index >= 15 is 0 Å². The van der Waals surface area contributed by atoms with Crippen molar-refractivity contribution in [2.75, 3.05) is 10.6 Å². The quantitative estimate of drug-likeness (QED) is 0.153. The van der Waals surface area contributed by atoms with Crippen LogP contribution >= 0.6 is 0 Å². The van der Waals surface area contributed by atoms with Gasteiger partial charge in [-0.1, -0.05) is 44.5 Å². The number of hydrogen-bond acceptors (Lipinski definition) is 5. The second kappa shape index (κ2) is 13.2. The van der Waals surface area contributed by atoms with Gasteiger partial charge in [-0.2, -0.15) is 0 Å². The van der Waals surface area contributed by atoms with Gasteiger partial charge in [0.05, 0.1) is 23.1 Å². The van der Waals surface area contributed by atoms with Gasteiger partial charge in [0.25, 0.3) is 0 Å². The molecule has 7 heteroatoms. The lowest BCUT2D eigenvalue weighted by Gasteiger charge is -2.20. The van der Waals surface area contributed by atoms with E-state index in [9.17, 15) is 0 Å². The van der Waals surface area contributed by atoms with Crippen LogP contribution in [0.4, 0.5) is 17.2 Å². The van der Waals surface area contributed by atoms with Gasteiger partial charge in [-0.15, -0.1) is 0 Å². The van der Waals surface area contributed by atoms with Crippen molar-refractivity contribution in [3.8, 4) is 0 Å². The molecule has 0 saturated heterocycles. The van der Waals surface area contributed by atoms with Crippen molar-refractivity contribution in [1.29, 1.82) is 0 Å². The Kier molecular flexibility index (Phi) is 9.50. The number of imidazole rings is 1. The summed E-state index contributed by atoms with van der Waals surface area (Å²) in [4.78, 5) is 9.55. The van der Waals surface area contributed by atoms with Crippen molar-refractivity contribution in [3.63, 3.8) is 0 Å². The standard InChI is InChI=1S/C34H43N7/c1-9-31-19-30(21-40(31)7)38-26(6)34-39-33(22-41(34)8)37-25(5)13-11-12-14-27-18-32-28(17-24(27)4)15-23(3)16-29(20-36-32)35-10-2/h9-10,17-22,29,35,37-38H,1-3,5-6,11-16H2,4,7-8H3. The van der Waals surface area contributed by atoms with E-state index in [1.165, 1.54) is 22.3 Å². The molecule has 0 spiro atoms. The molecule has 2 aromatic heterocycles. The molecule has 1 aliphatic heterocycles. The highest BCUT2D eigenvalue weighted by Crippen LogP contribution is 2.30. The molecular formula is C34H43N7. The second-order valence-corrected chi connectivity index (χ2v) is 10.9. The maximum atomic E-state index is 4.81. The minimum atomic E-state index is 0.135. The summed E-state index contributed by atoms with van der Waals surface area (Å²) in [7, 11) is 3.95. The zero-order valence-electron chi connectivity index (χ0n) is 24.8. The van der Waals surface area contributed by atoms with E-state index in [0.29, 0.717) is 0 Å². The van der Waals surface area contributed by atoms with Crippen LogP contribution in [0, 0.1) is 6.92 Å². The first-order valence-corrected chi connectivity index (χ1v) is 14.1. The van der Waals surface area contributed by atoms with Crippen molar-refractivity contribution in [2.24, 2.45) is 19.1 Å². The summed E-state index contributed by atoms with van der Waals surface area (Å²) in [5.74, 6) is 1.52. The summed E-state index contributed by atoms with van der Waals surface area (Å²) in [6.07, 6.45) is 15.2. The average Bonchev–Trinajstić information content (AvgIpc) is 3.46. The Bertz CT molecular complexity index is 1500. The minimum absolute atomic E-state index is 0.135. The molecule has 1 atom stereocenters. The van der Waals surface area contributed by atoms with Gasteiger partial charge < -0.3 is 25.1 Å². The van der Waals surface area contributed by atoms with Crippen LogP contribution in [-0.4, -0.2) is 26.4 Å². The molecule has 1 aromatic carbocycles. The molecule has 3 heterocycles. The molecule has 7 nitrogen and oxygen atoms in total. The van der Waals surface area contributed by atoms with Crippen molar-refractivity contribution in [2.45, 2.75) is 51.5 Å². The van der Waals surface area contributed by atoms with Crippen LogP contribution in [-0.2, 0) is 26.9 Å². The van der Waals surface area contributed by atoms with Crippen molar-refractivity contribution >= 4 is 35.2 Å². The fraction of sp³-hybridized carbons (Fsp3) is 0.294. The molecule has 214 valence electrons. The molecule has 0 radical (unpaired) electrons. The predicted octanol–water partition coefficient (Wildman–Crippen LogP) is 7.44. The number of nitrogens with one attached hydrogen (secondary N) is 3. The average molecular weight is 550 g/mol. The molecule has 4 rings (SSSR count). The van der Waals surface area contributed by atoms with Crippen molar-refractivity contribution in [3.05, 3.63) is 109 Å². The monoisotopic (exact) mass is 549 g/mol. The van der Waals surface area contributed by atoms with Crippen LogP contribution < -0.4 is 16.0 Å². The first-order chi connectivity index (χ1) is 19.7. The highest BCUT2D eigenvalue weighted by atomic mass is 15.2. The van der Waals surface area contributed by atoms with Crippen LogP contribution in [0.15, 0.2) is 85.9 Å². The Hall–Kier alpha value is -4.52. The molecule has 41 heavy (non-hydrogen) atoms. The number of benzene rings is 1. The van der Waals surface area contributed by atoms with E-state index < -0.39 is 0 Å². The number of nitrogens with zero attached hydrogens (tertiary/aromatic N) is 4. The van der Waals surface area contributed by atoms with Gasteiger partial charge in [0.15, 0.2) is 5.82 Å². The van der Waals surface area contributed by atoms with Gasteiger partial charge in [0, 0.05) is 44.1 Å². The number of aromatic nitrogens is 3. The summed E-state index contributed by atoms with van der Waals surface area (Å²) < 4.78 is 3.97. The van der Waals surface area contributed by atoms with E-state index in [2.05, 4.69) is 67.9 Å². The van der Waals surface area contributed by atoms with Gasteiger partial charge in [-0.3, -0.25) is 4.99 Å².